The highest BCUT2D eigenvalue weighted by atomic mass is 32.1. The Bertz CT molecular complexity index is 920. The summed E-state index contributed by atoms with van der Waals surface area (Å²) in [5, 5.41) is 16.7. The molecule has 154 valence electrons. The SMILES string of the molecule is COc1ccc(NC(=O)c2c(NC(=O)CCC(=O)[O-])sc3c2CC[C@H](C)C3)cc1. The van der Waals surface area contributed by atoms with Gasteiger partial charge in [-0.3, -0.25) is 9.59 Å². The fraction of sp³-hybridized carbons (Fsp3) is 0.381. The van der Waals surface area contributed by atoms with Gasteiger partial charge >= 0.3 is 0 Å². The lowest BCUT2D eigenvalue weighted by Gasteiger charge is -2.18. The Kier molecular flexibility index (Phi) is 6.53. The second-order valence-electron chi connectivity index (χ2n) is 7.16. The van der Waals surface area contributed by atoms with E-state index in [0.29, 0.717) is 27.9 Å². The van der Waals surface area contributed by atoms with Gasteiger partial charge in [-0.15, -0.1) is 11.3 Å². The van der Waals surface area contributed by atoms with Crippen LogP contribution in [0.25, 0.3) is 0 Å². The van der Waals surface area contributed by atoms with Crippen LogP contribution in [0.1, 0.15) is 47.0 Å². The third-order valence-corrected chi connectivity index (χ3v) is 6.07. The Morgan fingerprint density at radius 2 is 1.90 bits per heavy atom. The Morgan fingerprint density at radius 3 is 2.55 bits per heavy atom. The molecule has 0 bridgehead atoms. The predicted molar refractivity (Wildman–Crippen MR) is 109 cm³/mol. The quantitative estimate of drug-likeness (QED) is 0.723. The minimum Gasteiger partial charge on any atom is -0.550 e. The molecule has 0 spiro atoms. The summed E-state index contributed by atoms with van der Waals surface area (Å²) in [6.45, 7) is 2.16. The Morgan fingerprint density at radius 1 is 1.17 bits per heavy atom. The summed E-state index contributed by atoms with van der Waals surface area (Å²) in [5.41, 5.74) is 2.05. The zero-order chi connectivity index (χ0) is 21.0. The molecule has 29 heavy (non-hydrogen) atoms. The average Bonchev–Trinajstić information content (AvgIpc) is 3.03. The van der Waals surface area contributed by atoms with Crippen molar-refractivity contribution in [3.63, 3.8) is 0 Å². The summed E-state index contributed by atoms with van der Waals surface area (Å²) in [7, 11) is 1.57. The van der Waals surface area contributed by atoms with E-state index in [9.17, 15) is 19.5 Å². The molecule has 0 fully saturated rings. The summed E-state index contributed by atoms with van der Waals surface area (Å²) < 4.78 is 5.13. The molecule has 0 saturated heterocycles. The molecule has 8 heteroatoms. The number of carbonyl (C=O) groups is 3. The van der Waals surface area contributed by atoms with E-state index in [1.807, 2.05) is 0 Å². The molecule has 0 unspecified atom stereocenters. The normalized spacial score (nSPS) is 15.3. The minimum absolute atomic E-state index is 0.194. The van der Waals surface area contributed by atoms with E-state index in [2.05, 4.69) is 17.6 Å². The molecule has 1 aromatic carbocycles. The molecule has 1 aromatic heterocycles. The summed E-state index contributed by atoms with van der Waals surface area (Å²) in [4.78, 5) is 36.9. The van der Waals surface area contributed by atoms with Gasteiger partial charge in [-0.05, 0) is 61.4 Å². The number of ether oxygens (including phenoxy) is 1. The molecular formula is C21H23N2O5S-. The molecule has 7 nitrogen and oxygen atoms in total. The lowest BCUT2D eigenvalue weighted by molar-refractivity contribution is -0.305. The van der Waals surface area contributed by atoms with E-state index < -0.39 is 11.9 Å². The van der Waals surface area contributed by atoms with E-state index in [-0.39, 0.29) is 18.7 Å². The van der Waals surface area contributed by atoms with Crippen LogP contribution >= 0.6 is 11.3 Å². The van der Waals surface area contributed by atoms with Crippen molar-refractivity contribution in [2.45, 2.75) is 39.0 Å². The van der Waals surface area contributed by atoms with Crippen molar-refractivity contribution < 1.29 is 24.2 Å². The number of nitrogens with one attached hydrogen (secondary N) is 2. The molecule has 1 aliphatic carbocycles. The van der Waals surface area contributed by atoms with Gasteiger partial charge in [-0.2, -0.15) is 0 Å². The third kappa shape index (κ3) is 5.14. The van der Waals surface area contributed by atoms with Crippen LogP contribution in [-0.4, -0.2) is 24.9 Å². The number of anilines is 2. The van der Waals surface area contributed by atoms with E-state index in [1.54, 1.807) is 31.4 Å². The van der Waals surface area contributed by atoms with Gasteiger partial charge < -0.3 is 25.3 Å². The number of benzene rings is 1. The van der Waals surface area contributed by atoms with Gasteiger partial charge in [0.25, 0.3) is 5.91 Å². The standard InChI is InChI=1S/C21H24N2O5S/c1-12-3-8-15-16(11-12)29-21(23-17(24)9-10-18(25)26)19(15)20(27)22-13-4-6-14(28-2)7-5-13/h4-7,12H,3,8-11H2,1-2H3,(H,22,27)(H,23,24)(H,25,26)/p-1/t12-/m0/s1. The van der Waals surface area contributed by atoms with Crippen LogP contribution in [0.15, 0.2) is 24.3 Å². The van der Waals surface area contributed by atoms with Crippen molar-refractivity contribution in [1.29, 1.82) is 0 Å². The van der Waals surface area contributed by atoms with Crippen molar-refractivity contribution >= 4 is 39.8 Å². The zero-order valence-electron chi connectivity index (χ0n) is 16.4. The van der Waals surface area contributed by atoms with Gasteiger partial charge in [0.2, 0.25) is 5.91 Å². The summed E-state index contributed by atoms with van der Waals surface area (Å²) >= 11 is 1.40. The van der Waals surface area contributed by atoms with Gasteiger partial charge in [0, 0.05) is 23.0 Å². The monoisotopic (exact) mass is 415 g/mol. The van der Waals surface area contributed by atoms with Crippen LogP contribution in [0, 0.1) is 5.92 Å². The predicted octanol–water partition coefficient (Wildman–Crippen LogP) is 2.60. The van der Waals surface area contributed by atoms with E-state index >= 15 is 0 Å². The van der Waals surface area contributed by atoms with Crippen LogP contribution in [0.2, 0.25) is 0 Å². The molecule has 2 amide bonds. The van der Waals surface area contributed by atoms with Gasteiger partial charge in [0.1, 0.15) is 10.8 Å². The largest absolute Gasteiger partial charge is 0.550 e. The number of aliphatic carboxylic acids is 1. The van der Waals surface area contributed by atoms with E-state index in [4.69, 9.17) is 4.74 Å². The lowest BCUT2D eigenvalue weighted by Crippen LogP contribution is -2.24. The number of fused-ring (bicyclic) bond motifs is 1. The average molecular weight is 415 g/mol. The van der Waals surface area contributed by atoms with Crippen molar-refractivity contribution in [1.82, 2.24) is 0 Å². The van der Waals surface area contributed by atoms with Gasteiger partial charge in [-0.1, -0.05) is 6.92 Å². The molecule has 2 aromatic rings. The summed E-state index contributed by atoms with van der Waals surface area (Å²) in [6, 6.07) is 7.00. The number of hydrogen-bond acceptors (Lipinski definition) is 6. The molecule has 1 heterocycles. The van der Waals surface area contributed by atoms with Crippen LogP contribution in [0.3, 0.4) is 0 Å². The Labute approximate surface area is 173 Å². The summed E-state index contributed by atoms with van der Waals surface area (Å²) in [6.07, 6.45) is 2.05. The van der Waals surface area contributed by atoms with Gasteiger partial charge in [-0.25, -0.2) is 0 Å². The maximum Gasteiger partial charge on any atom is 0.258 e. The maximum atomic E-state index is 13.1. The molecule has 0 radical (unpaired) electrons. The van der Waals surface area contributed by atoms with Crippen LogP contribution in [-0.2, 0) is 22.4 Å². The highest BCUT2D eigenvalue weighted by molar-refractivity contribution is 7.17. The Balaban J connectivity index is 1.85. The Hall–Kier alpha value is -2.87. The van der Waals surface area contributed by atoms with Crippen molar-refractivity contribution in [3.05, 3.63) is 40.3 Å². The minimum atomic E-state index is -1.28. The number of rotatable bonds is 7. The molecule has 1 atom stereocenters. The first-order valence-electron chi connectivity index (χ1n) is 9.47. The first kappa shape index (κ1) is 20.9. The maximum absolute atomic E-state index is 13.1. The fourth-order valence-electron chi connectivity index (χ4n) is 3.35. The van der Waals surface area contributed by atoms with Crippen LogP contribution in [0.5, 0.6) is 5.75 Å². The zero-order valence-corrected chi connectivity index (χ0v) is 17.2. The second kappa shape index (κ2) is 9.09. The van der Waals surface area contributed by atoms with Crippen molar-refractivity contribution in [3.8, 4) is 5.75 Å². The van der Waals surface area contributed by atoms with Gasteiger partial charge in [0.05, 0.1) is 12.7 Å². The van der Waals surface area contributed by atoms with E-state index in [0.717, 1.165) is 29.7 Å². The van der Waals surface area contributed by atoms with Crippen molar-refractivity contribution in [2.24, 2.45) is 5.92 Å². The lowest BCUT2D eigenvalue weighted by atomic mass is 9.88. The molecule has 0 saturated carbocycles. The third-order valence-electron chi connectivity index (χ3n) is 4.90. The van der Waals surface area contributed by atoms with Crippen molar-refractivity contribution in [2.75, 3.05) is 17.7 Å². The number of amides is 2. The highest BCUT2D eigenvalue weighted by Crippen LogP contribution is 2.40. The molecule has 2 N–H and O–H groups in total. The smallest absolute Gasteiger partial charge is 0.258 e. The summed E-state index contributed by atoms with van der Waals surface area (Å²) in [5.74, 6) is -0.820. The fourth-order valence-corrected chi connectivity index (χ4v) is 4.78. The topological polar surface area (TPSA) is 108 Å². The van der Waals surface area contributed by atoms with E-state index in [1.165, 1.54) is 11.3 Å². The van der Waals surface area contributed by atoms with Crippen LogP contribution < -0.4 is 20.5 Å². The first-order valence-corrected chi connectivity index (χ1v) is 10.3. The molecule has 3 rings (SSSR count). The first-order chi connectivity index (χ1) is 13.9. The number of carboxylic acids is 1. The molecule has 1 aliphatic rings. The number of thiophene rings is 1. The number of hydrogen-bond donors (Lipinski definition) is 2. The highest BCUT2D eigenvalue weighted by Gasteiger charge is 2.28. The van der Waals surface area contributed by atoms with Crippen LogP contribution in [0.4, 0.5) is 10.7 Å². The number of carbonyl (C=O) groups excluding carboxylic acids is 3. The molecule has 0 aliphatic heterocycles. The number of carboxylic acid groups (broad SMARTS) is 1. The number of methoxy groups -OCH3 is 1. The van der Waals surface area contributed by atoms with Gasteiger partial charge in [0.15, 0.2) is 0 Å². The second-order valence-corrected chi connectivity index (χ2v) is 8.26. The molecular weight excluding hydrogens is 392 g/mol.